The molecule has 0 spiro atoms. The Morgan fingerprint density at radius 2 is 2.21 bits per heavy atom. The molecule has 14 heavy (non-hydrogen) atoms. The van der Waals surface area contributed by atoms with Crippen molar-refractivity contribution >= 4 is 49.9 Å². The molecule has 0 amide bonds. The first kappa shape index (κ1) is 10.0. The van der Waals surface area contributed by atoms with E-state index in [1.165, 1.54) is 20.9 Å². The number of halogens is 2. The van der Waals surface area contributed by atoms with Gasteiger partial charge in [-0.3, -0.25) is 0 Å². The minimum absolute atomic E-state index is 0.390. The number of nitrogens with zero attached hydrogens (tertiary/aromatic N) is 3. The van der Waals surface area contributed by atoms with E-state index in [4.69, 9.17) is 23.2 Å². The molecule has 0 unspecified atom stereocenters. The lowest BCUT2D eigenvalue weighted by Crippen LogP contribution is -1.93. The molecule has 3 nitrogen and oxygen atoms in total. The fraction of sp³-hybridized carbons (Fsp3) is 0. The summed E-state index contributed by atoms with van der Waals surface area (Å²) in [6, 6.07) is 3.48. The predicted octanol–water partition coefficient (Wildman–Crippen LogP) is 3.14. The Morgan fingerprint density at radius 1 is 1.36 bits per heavy atom. The van der Waals surface area contributed by atoms with Gasteiger partial charge in [0, 0.05) is 16.7 Å². The van der Waals surface area contributed by atoms with Gasteiger partial charge in [-0.25, -0.2) is 9.98 Å². The lowest BCUT2D eigenvalue weighted by Gasteiger charge is -1.92. The van der Waals surface area contributed by atoms with Gasteiger partial charge in [0.25, 0.3) is 0 Å². The van der Waals surface area contributed by atoms with Crippen LogP contribution in [0.2, 0.25) is 10.2 Å². The van der Waals surface area contributed by atoms with E-state index in [1.807, 2.05) is 0 Å². The fourth-order valence-electron chi connectivity index (χ4n) is 0.781. The van der Waals surface area contributed by atoms with E-state index in [9.17, 15) is 0 Å². The second-order valence-electron chi connectivity index (χ2n) is 2.27. The molecule has 0 aliphatic carbocycles. The van der Waals surface area contributed by atoms with E-state index in [2.05, 4.69) is 14.3 Å². The Kier molecular flexibility index (Phi) is 3.12. The largest absolute Gasteiger partial charge is 0.236 e. The molecule has 2 heterocycles. The van der Waals surface area contributed by atoms with Crippen LogP contribution in [0.4, 0.5) is 5.82 Å². The molecule has 0 saturated heterocycles. The van der Waals surface area contributed by atoms with Crippen LogP contribution >= 0.6 is 44.1 Å². The summed E-state index contributed by atoms with van der Waals surface area (Å²) < 4.78 is 4.54. The Balaban J connectivity index is 2.54. The van der Waals surface area contributed by atoms with E-state index in [1.54, 1.807) is 18.3 Å². The number of hydrogen-bond acceptors (Lipinski definition) is 5. The Morgan fingerprint density at radius 3 is 2.86 bits per heavy atom. The summed E-state index contributed by atoms with van der Waals surface area (Å²) in [7, 11) is 2.67. The van der Waals surface area contributed by atoms with E-state index < -0.39 is 0 Å². The zero-order valence-electron chi connectivity index (χ0n) is 6.65. The van der Waals surface area contributed by atoms with Crippen LogP contribution in [-0.2, 0) is 0 Å². The summed E-state index contributed by atoms with van der Waals surface area (Å²) in [6.45, 7) is 0. The molecule has 2 aromatic rings. The lowest BCUT2D eigenvalue weighted by molar-refractivity contribution is 1.23. The summed E-state index contributed by atoms with van der Waals surface area (Å²) in [5.74, 6) is 0.465. The summed E-state index contributed by atoms with van der Waals surface area (Å²) in [5, 5.41) is 0.892. The van der Waals surface area contributed by atoms with Gasteiger partial charge in [-0.2, -0.15) is 4.37 Å². The molecule has 0 N–H and O–H groups in total. The molecular formula is C7H3Cl2N3S2. The Bertz CT molecular complexity index is 505. The van der Waals surface area contributed by atoms with Crippen molar-refractivity contribution in [3.8, 4) is 0 Å². The summed E-state index contributed by atoms with van der Waals surface area (Å²) >= 11 is 11.7. The third kappa shape index (κ3) is 2.12. The summed E-state index contributed by atoms with van der Waals surface area (Å²) in [6.07, 6.45) is 1.63. The van der Waals surface area contributed by atoms with Gasteiger partial charge in [-0.05, 0) is 22.5 Å². The maximum absolute atomic E-state index is 5.88. The average molecular weight is 264 g/mol. The zero-order valence-corrected chi connectivity index (χ0v) is 9.79. The molecule has 0 bridgehead atoms. The molecule has 0 radical (unpaired) electrons. The maximum atomic E-state index is 5.88. The predicted molar refractivity (Wildman–Crippen MR) is 59.5 cm³/mol. The molecule has 7 heteroatoms. The van der Waals surface area contributed by atoms with Crippen molar-refractivity contribution in [1.82, 2.24) is 9.36 Å². The number of pyridine rings is 1. The first-order chi connectivity index (χ1) is 6.77. The fourth-order valence-corrected chi connectivity index (χ4v) is 2.92. The van der Waals surface area contributed by atoms with Gasteiger partial charge in [0.05, 0.1) is 5.02 Å². The third-order valence-corrected chi connectivity index (χ3v) is 3.82. The van der Waals surface area contributed by atoms with Gasteiger partial charge < -0.3 is 0 Å². The topological polar surface area (TPSA) is 38.1 Å². The highest BCUT2D eigenvalue weighted by Gasteiger charge is 2.00. The van der Waals surface area contributed by atoms with Crippen LogP contribution in [0.3, 0.4) is 0 Å². The zero-order chi connectivity index (χ0) is 9.97. The molecule has 2 aromatic heterocycles. The van der Waals surface area contributed by atoms with E-state index in [-0.39, 0.29) is 0 Å². The van der Waals surface area contributed by atoms with Crippen molar-refractivity contribution in [2.75, 3.05) is 0 Å². The van der Waals surface area contributed by atoms with E-state index in [0.717, 1.165) is 0 Å². The molecular weight excluding hydrogens is 261 g/mol. The van der Waals surface area contributed by atoms with Crippen LogP contribution in [0.5, 0.6) is 0 Å². The van der Waals surface area contributed by atoms with Crippen LogP contribution in [0.25, 0.3) is 0 Å². The second kappa shape index (κ2) is 4.35. The summed E-state index contributed by atoms with van der Waals surface area (Å²) in [4.78, 5) is 8.21. The SMILES string of the molecule is Clc1cccnc1N=c1ssnc1Cl. The molecule has 72 valence electrons. The molecule has 2 rings (SSSR count). The van der Waals surface area contributed by atoms with Crippen LogP contribution in [0.15, 0.2) is 23.3 Å². The summed E-state index contributed by atoms with van der Waals surface area (Å²) in [5.41, 5.74) is 0. The first-order valence-electron chi connectivity index (χ1n) is 3.54. The van der Waals surface area contributed by atoms with Gasteiger partial charge in [0.1, 0.15) is 0 Å². The maximum Gasteiger partial charge on any atom is 0.179 e. The third-order valence-electron chi connectivity index (χ3n) is 1.36. The van der Waals surface area contributed by atoms with Gasteiger partial charge in [0.2, 0.25) is 0 Å². The Hall–Kier alpha value is -0.490. The van der Waals surface area contributed by atoms with Crippen LogP contribution in [0, 0.1) is 0 Å². The number of hydrogen-bond donors (Lipinski definition) is 0. The lowest BCUT2D eigenvalue weighted by atomic mass is 10.5. The van der Waals surface area contributed by atoms with Crippen molar-refractivity contribution < 1.29 is 0 Å². The monoisotopic (exact) mass is 263 g/mol. The van der Waals surface area contributed by atoms with Crippen LogP contribution in [0.1, 0.15) is 0 Å². The van der Waals surface area contributed by atoms with Crippen LogP contribution < -0.4 is 4.67 Å². The van der Waals surface area contributed by atoms with Crippen molar-refractivity contribution in [1.29, 1.82) is 0 Å². The molecule has 0 saturated carbocycles. The standard InChI is InChI=1S/C7H3Cl2N3S2/c8-4-2-1-3-10-6(4)11-7-5(9)12-14-13-7/h1-3H. The van der Waals surface area contributed by atoms with Crippen molar-refractivity contribution in [2.45, 2.75) is 0 Å². The highest BCUT2D eigenvalue weighted by atomic mass is 35.5. The molecule has 0 aliphatic rings. The molecule has 0 atom stereocenters. The minimum atomic E-state index is 0.390. The van der Waals surface area contributed by atoms with E-state index >= 15 is 0 Å². The average Bonchev–Trinajstić information content (AvgIpc) is 2.56. The number of rotatable bonds is 1. The minimum Gasteiger partial charge on any atom is -0.236 e. The van der Waals surface area contributed by atoms with Gasteiger partial charge in [-0.15, -0.1) is 0 Å². The molecule has 0 aromatic carbocycles. The van der Waals surface area contributed by atoms with Gasteiger partial charge >= 0.3 is 0 Å². The van der Waals surface area contributed by atoms with Crippen molar-refractivity contribution in [3.05, 3.63) is 33.2 Å². The molecule has 0 aliphatic heterocycles. The van der Waals surface area contributed by atoms with Crippen molar-refractivity contribution in [2.24, 2.45) is 4.99 Å². The van der Waals surface area contributed by atoms with E-state index in [0.29, 0.717) is 20.7 Å². The van der Waals surface area contributed by atoms with Crippen LogP contribution in [-0.4, -0.2) is 9.36 Å². The van der Waals surface area contributed by atoms with Crippen molar-refractivity contribution in [3.63, 3.8) is 0 Å². The Labute approximate surface area is 97.2 Å². The van der Waals surface area contributed by atoms with Gasteiger partial charge in [0.15, 0.2) is 15.6 Å². The highest BCUT2D eigenvalue weighted by molar-refractivity contribution is 7.66. The second-order valence-corrected chi connectivity index (χ2v) is 4.86. The van der Waals surface area contributed by atoms with Gasteiger partial charge in [-0.1, -0.05) is 23.2 Å². The molecule has 0 fully saturated rings. The number of aromatic nitrogens is 2. The smallest absolute Gasteiger partial charge is 0.179 e. The normalized spacial score (nSPS) is 12.0. The highest BCUT2D eigenvalue weighted by Crippen LogP contribution is 2.20. The first-order valence-corrected chi connectivity index (χ1v) is 6.40. The quantitative estimate of drug-likeness (QED) is 0.742.